The van der Waals surface area contributed by atoms with Crippen LogP contribution >= 0.6 is 0 Å². The normalized spacial score (nSPS) is 6.14. The molecule has 2 nitrogen and oxygen atoms in total. The number of carboxylic acid groups (broad SMARTS) is 1. The van der Waals surface area contributed by atoms with Crippen molar-refractivity contribution in [3.8, 4) is 0 Å². The van der Waals surface area contributed by atoms with Gasteiger partial charge in [0.25, 0.3) is 6.47 Å². The Morgan fingerprint density at radius 1 is 1.86 bits per heavy atom. The van der Waals surface area contributed by atoms with Gasteiger partial charge in [-0.2, -0.15) is 0 Å². The van der Waals surface area contributed by atoms with Crippen molar-refractivity contribution in [3.05, 3.63) is 0 Å². The van der Waals surface area contributed by atoms with Crippen LogP contribution in [0.3, 0.4) is 0 Å². The Kier molecular flexibility index (Phi) is 24.0. The Morgan fingerprint density at radius 2 is 2.00 bits per heavy atom. The Balaban J connectivity index is 0. The molecule has 0 saturated heterocycles. The summed E-state index contributed by atoms with van der Waals surface area (Å²) in [6, 6.07) is 0. The second-order valence-corrected chi connectivity index (χ2v) is 2.44. The maximum absolute atomic E-state index is 8.36. The van der Waals surface area contributed by atoms with Crippen LogP contribution in [-0.4, -0.2) is 11.6 Å². The van der Waals surface area contributed by atoms with E-state index < -0.39 is 0 Å². The molecule has 0 amide bonds. The molecule has 0 fully saturated rings. The molecule has 0 aromatic carbocycles. The molecule has 3 heteroatoms. The molecule has 0 aliphatic heterocycles. The van der Waals surface area contributed by atoms with Gasteiger partial charge in [0.1, 0.15) is 0 Å². The first kappa shape index (κ1) is 10.2. The average Bonchev–Trinajstić information content (AvgIpc) is 1.69. The van der Waals surface area contributed by atoms with Gasteiger partial charge in [-0.05, 0) is 0 Å². The minimum atomic E-state index is -0.250. The topological polar surface area (TPSA) is 37.3 Å². The minimum absolute atomic E-state index is 0.250. The molecule has 0 aliphatic rings. The Hall–Kier alpha value is 0.0934. The zero-order valence-corrected chi connectivity index (χ0v) is 7.52. The first-order chi connectivity index (χ1) is 3.33. The predicted molar refractivity (Wildman–Crippen MR) is 23.8 cm³/mol. The van der Waals surface area contributed by atoms with Crippen LogP contribution in [0.1, 0.15) is 13.3 Å². The molecule has 0 spiro atoms. The molecule has 0 aromatic rings. The van der Waals surface area contributed by atoms with E-state index in [-0.39, 0.29) is 6.47 Å². The maximum Gasteiger partial charge on any atom is 0.290 e. The maximum atomic E-state index is 8.36. The van der Waals surface area contributed by atoms with E-state index in [0.717, 1.165) is 0 Å². The summed E-state index contributed by atoms with van der Waals surface area (Å²) in [4.78, 5) is 8.36. The third-order valence-corrected chi connectivity index (χ3v) is 1.84. The smallest absolute Gasteiger partial charge is 0.290 e. The van der Waals surface area contributed by atoms with Gasteiger partial charge in [-0.3, -0.25) is 4.79 Å². The summed E-state index contributed by atoms with van der Waals surface area (Å²) >= 11 is 1.47. The van der Waals surface area contributed by atoms with Crippen LogP contribution < -0.4 is 0 Å². The van der Waals surface area contributed by atoms with E-state index in [1.165, 1.54) is 29.7 Å². The summed E-state index contributed by atoms with van der Waals surface area (Å²) in [6.07, 6.45) is 1.38. The molecule has 0 unspecified atom stereocenters. The molecular weight excluding hydrogens is 145 g/mol. The molecule has 0 aliphatic carbocycles. The molecule has 0 bridgehead atoms. The first-order valence-electron chi connectivity index (χ1n) is 2.20. The summed E-state index contributed by atoms with van der Waals surface area (Å²) < 4.78 is 0. The molecule has 39 valence electrons. The van der Waals surface area contributed by atoms with Gasteiger partial charge in [0.15, 0.2) is 0 Å². The summed E-state index contributed by atoms with van der Waals surface area (Å²) in [5.74, 6) is 0. The van der Waals surface area contributed by atoms with Crippen molar-refractivity contribution in [1.29, 1.82) is 0 Å². The summed E-state index contributed by atoms with van der Waals surface area (Å²) in [7, 11) is 0. The largest absolute Gasteiger partial charge is 0.483 e. The minimum Gasteiger partial charge on any atom is -0.483 e. The van der Waals surface area contributed by atoms with Gasteiger partial charge >= 0.3 is 36.7 Å². The van der Waals surface area contributed by atoms with Crippen LogP contribution in [0.15, 0.2) is 0 Å². The Bertz CT molecular complexity index is 28.9. The van der Waals surface area contributed by atoms with Crippen LogP contribution in [0.4, 0.5) is 0 Å². The van der Waals surface area contributed by atoms with E-state index in [2.05, 4.69) is 6.92 Å². The molecular formula is C4H9O2Zn. The fraction of sp³-hybridized carbons (Fsp3) is 0.750. The quantitative estimate of drug-likeness (QED) is 0.453. The van der Waals surface area contributed by atoms with E-state index in [0.29, 0.717) is 0 Å². The van der Waals surface area contributed by atoms with E-state index >= 15 is 0 Å². The van der Waals surface area contributed by atoms with Gasteiger partial charge in [-0.25, -0.2) is 0 Å². The third-order valence-electron chi connectivity index (χ3n) is 0.354. The van der Waals surface area contributed by atoms with Crippen LogP contribution in [0.2, 0.25) is 5.02 Å². The Morgan fingerprint density at radius 3 is 2.00 bits per heavy atom. The van der Waals surface area contributed by atoms with Gasteiger partial charge in [-0.1, -0.05) is 0 Å². The molecule has 1 N–H and O–H groups in total. The molecule has 0 aromatic heterocycles. The third kappa shape index (κ3) is 85.4. The van der Waals surface area contributed by atoms with Gasteiger partial charge in [0, 0.05) is 0 Å². The van der Waals surface area contributed by atoms with Crippen molar-refractivity contribution < 1.29 is 28.2 Å². The zero-order chi connectivity index (χ0) is 6.12. The molecule has 7 heavy (non-hydrogen) atoms. The standard InChI is InChI=1S/C3H7.CH2O2.Zn/c1-3-2;2-1-3;/h1,3H2,2H3;1H,(H,2,3);. The molecule has 0 radical (unpaired) electrons. The van der Waals surface area contributed by atoms with Crippen molar-refractivity contribution in [3.63, 3.8) is 0 Å². The number of rotatable bonds is 1. The number of hydrogen-bond donors (Lipinski definition) is 1. The summed E-state index contributed by atoms with van der Waals surface area (Å²) in [5.41, 5.74) is 0. The van der Waals surface area contributed by atoms with Crippen LogP contribution in [0, 0.1) is 0 Å². The van der Waals surface area contributed by atoms with Crippen LogP contribution in [-0.2, 0) is 23.1 Å². The average molecular weight is 155 g/mol. The fourth-order valence-corrected chi connectivity index (χ4v) is 0. The van der Waals surface area contributed by atoms with Crippen molar-refractivity contribution >= 4 is 6.47 Å². The van der Waals surface area contributed by atoms with Gasteiger partial charge < -0.3 is 5.11 Å². The van der Waals surface area contributed by atoms with Gasteiger partial charge in [0.05, 0.1) is 0 Å². The van der Waals surface area contributed by atoms with Crippen molar-refractivity contribution in [2.24, 2.45) is 0 Å². The van der Waals surface area contributed by atoms with Gasteiger partial charge in [-0.15, -0.1) is 0 Å². The zero-order valence-electron chi connectivity index (χ0n) is 4.55. The van der Waals surface area contributed by atoms with E-state index in [1.54, 1.807) is 0 Å². The van der Waals surface area contributed by atoms with Crippen molar-refractivity contribution in [1.82, 2.24) is 0 Å². The molecule has 0 saturated carbocycles. The van der Waals surface area contributed by atoms with E-state index in [1.807, 2.05) is 0 Å². The summed E-state index contributed by atoms with van der Waals surface area (Å²) in [6.45, 7) is 1.96. The van der Waals surface area contributed by atoms with E-state index in [9.17, 15) is 0 Å². The molecule has 0 atom stereocenters. The summed E-state index contributed by atoms with van der Waals surface area (Å²) in [5, 5.41) is 8.33. The van der Waals surface area contributed by atoms with Crippen molar-refractivity contribution in [2.45, 2.75) is 18.4 Å². The van der Waals surface area contributed by atoms with Gasteiger partial charge in [0.2, 0.25) is 0 Å². The van der Waals surface area contributed by atoms with E-state index in [4.69, 9.17) is 9.90 Å². The second-order valence-electron chi connectivity index (χ2n) is 0.959. The predicted octanol–water partition coefficient (Wildman–Crippen LogP) is 1.06. The first-order valence-corrected chi connectivity index (χ1v) is 4.30. The number of carbonyl (C=O) groups is 1. The van der Waals surface area contributed by atoms with Crippen molar-refractivity contribution in [2.75, 3.05) is 0 Å². The fourth-order valence-electron chi connectivity index (χ4n) is 0. The molecule has 0 heterocycles. The Labute approximate surface area is 53.6 Å². The second kappa shape index (κ2) is 16.5. The SMILES string of the molecule is CC[CH2][Zn].O=CO. The number of hydrogen-bond acceptors (Lipinski definition) is 1. The van der Waals surface area contributed by atoms with Crippen LogP contribution in [0.25, 0.3) is 0 Å². The monoisotopic (exact) mass is 153 g/mol. The van der Waals surface area contributed by atoms with Crippen LogP contribution in [0.5, 0.6) is 0 Å². The molecule has 0 rings (SSSR count).